The van der Waals surface area contributed by atoms with Crippen molar-refractivity contribution in [2.45, 2.75) is 26.8 Å². The largest absolute Gasteiger partial charge is 0.366 e. The second-order valence-electron chi connectivity index (χ2n) is 3.56. The van der Waals surface area contributed by atoms with E-state index in [9.17, 15) is 4.79 Å². The van der Waals surface area contributed by atoms with Crippen LogP contribution in [0.1, 0.15) is 37.2 Å². The van der Waals surface area contributed by atoms with Crippen LogP contribution in [0.2, 0.25) is 0 Å². The van der Waals surface area contributed by atoms with Crippen molar-refractivity contribution in [1.29, 1.82) is 0 Å². The molecule has 0 spiro atoms. The number of carbonyl (C=O) groups excluding carboxylic acids is 1. The van der Waals surface area contributed by atoms with E-state index in [-0.39, 0.29) is 6.04 Å². The molecule has 0 aromatic carbocycles. The Morgan fingerprint density at radius 2 is 2.15 bits per heavy atom. The molecule has 1 aromatic heterocycles. The fourth-order valence-corrected chi connectivity index (χ4v) is 0.993. The summed E-state index contributed by atoms with van der Waals surface area (Å²) >= 11 is 0. The van der Waals surface area contributed by atoms with E-state index in [4.69, 9.17) is 5.73 Å². The molecule has 0 radical (unpaired) electrons. The van der Waals surface area contributed by atoms with Crippen molar-refractivity contribution in [3.63, 3.8) is 0 Å². The molecule has 1 atom stereocenters. The van der Waals surface area contributed by atoms with Crippen LogP contribution in [0.15, 0.2) is 12.4 Å². The number of rotatable bonds is 3. The predicted octanol–water partition coefficient (Wildman–Crippen LogP) is 1.20. The fraction of sp³-hybridized carbons (Fsp3) is 0.556. The van der Waals surface area contributed by atoms with E-state index in [1.165, 1.54) is 6.20 Å². The standard InChI is InChI=1S/C9H15N3O/c1-6(2)7(3)12-5-8(4-11-12)9(10)13/h4-7H,1-3H3,(H2,10,13). The lowest BCUT2D eigenvalue weighted by Gasteiger charge is -2.15. The third kappa shape index (κ3) is 2.08. The summed E-state index contributed by atoms with van der Waals surface area (Å²) in [5.74, 6) is 0.0582. The van der Waals surface area contributed by atoms with Crippen molar-refractivity contribution < 1.29 is 4.79 Å². The van der Waals surface area contributed by atoms with Crippen LogP contribution in [-0.4, -0.2) is 15.7 Å². The SMILES string of the molecule is CC(C)C(C)n1cc(C(N)=O)cn1. The van der Waals surface area contributed by atoms with Crippen LogP contribution in [0.4, 0.5) is 0 Å². The molecule has 72 valence electrons. The van der Waals surface area contributed by atoms with Crippen LogP contribution >= 0.6 is 0 Å². The third-order valence-corrected chi connectivity index (χ3v) is 2.27. The zero-order valence-corrected chi connectivity index (χ0v) is 8.19. The van der Waals surface area contributed by atoms with Gasteiger partial charge in [-0.25, -0.2) is 0 Å². The molecular formula is C9H15N3O. The Balaban J connectivity index is 2.85. The van der Waals surface area contributed by atoms with Gasteiger partial charge in [-0.1, -0.05) is 13.8 Å². The van der Waals surface area contributed by atoms with Crippen LogP contribution in [0, 0.1) is 5.92 Å². The van der Waals surface area contributed by atoms with Gasteiger partial charge in [0.2, 0.25) is 0 Å². The Kier molecular flexibility index (Phi) is 2.70. The predicted molar refractivity (Wildman–Crippen MR) is 50.3 cm³/mol. The smallest absolute Gasteiger partial charge is 0.251 e. The number of carbonyl (C=O) groups is 1. The molecule has 0 aliphatic carbocycles. The molecule has 1 amide bonds. The van der Waals surface area contributed by atoms with Gasteiger partial charge in [-0.2, -0.15) is 5.10 Å². The maximum atomic E-state index is 10.8. The maximum absolute atomic E-state index is 10.8. The molecule has 0 fully saturated rings. The molecule has 1 heterocycles. The third-order valence-electron chi connectivity index (χ3n) is 2.27. The molecule has 2 N–H and O–H groups in total. The topological polar surface area (TPSA) is 60.9 Å². The van der Waals surface area contributed by atoms with E-state index in [1.54, 1.807) is 10.9 Å². The Morgan fingerprint density at radius 1 is 1.54 bits per heavy atom. The number of nitrogens with zero attached hydrogens (tertiary/aromatic N) is 2. The van der Waals surface area contributed by atoms with E-state index in [1.807, 2.05) is 0 Å². The first-order chi connectivity index (χ1) is 6.02. The van der Waals surface area contributed by atoms with Gasteiger partial charge in [-0.05, 0) is 12.8 Å². The van der Waals surface area contributed by atoms with Gasteiger partial charge in [0.15, 0.2) is 0 Å². The lowest BCUT2D eigenvalue weighted by atomic mass is 10.1. The minimum absolute atomic E-state index is 0.285. The molecule has 0 aliphatic rings. The van der Waals surface area contributed by atoms with Gasteiger partial charge in [-0.3, -0.25) is 9.48 Å². The molecule has 4 heteroatoms. The summed E-state index contributed by atoms with van der Waals surface area (Å²) in [7, 11) is 0. The summed E-state index contributed by atoms with van der Waals surface area (Å²) in [6.07, 6.45) is 3.19. The van der Waals surface area contributed by atoms with Gasteiger partial charge in [0.05, 0.1) is 17.8 Å². The Hall–Kier alpha value is -1.32. The lowest BCUT2D eigenvalue weighted by Crippen LogP contribution is -2.13. The van der Waals surface area contributed by atoms with Crippen molar-refractivity contribution in [3.8, 4) is 0 Å². The van der Waals surface area contributed by atoms with Crippen molar-refractivity contribution in [1.82, 2.24) is 9.78 Å². The molecule has 1 rings (SSSR count). The van der Waals surface area contributed by atoms with Gasteiger partial charge in [-0.15, -0.1) is 0 Å². The van der Waals surface area contributed by atoms with Gasteiger partial charge in [0, 0.05) is 6.20 Å². The Labute approximate surface area is 77.7 Å². The van der Waals surface area contributed by atoms with Crippen molar-refractivity contribution in [2.24, 2.45) is 11.7 Å². The van der Waals surface area contributed by atoms with Gasteiger partial charge in [0.1, 0.15) is 0 Å². The van der Waals surface area contributed by atoms with Gasteiger partial charge >= 0.3 is 0 Å². The van der Waals surface area contributed by atoms with Crippen molar-refractivity contribution >= 4 is 5.91 Å². The van der Waals surface area contributed by atoms with Crippen molar-refractivity contribution in [3.05, 3.63) is 18.0 Å². The number of aromatic nitrogens is 2. The molecule has 0 aliphatic heterocycles. The van der Waals surface area contributed by atoms with E-state index in [2.05, 4.69) is 25.9 Å². The van der Waals surface area contributed by atoms with Gasteiger partial charge in [0.25, 0.3) is 5.91 Å². The number of primary amides is 1. The van der Waals surface area contributed by atoms with Crippen LogP contribution in [0.5, 0.6) is 0 Å². The van der Waals surface area contributed by atoms with Crippen molar-refractivity contribution in [2.75, 3.05) is 0 Å². The monoisotopic (exact) mass is 181 g/mol. The molecule has 0 saturated heterocycles. The summed E-state index contributed by atoms with van der Waals surface area (Å²) in [6, 6.07) is 0.285. The first-order valence-electron chi connectivity index (χ1n) is 4.36. The maximum Gasteiger partial charge on any atom is 0.251 e. The van der Waals surface area contributed by atoms with E-state index in [0.29, 0.717) is 11.5 Å². The van der Waals surface area contributed by atoms with Gasteiger partial charge < -0.3 is 5.73 Å². The second kappa shape index (κ2) is 3.60. The Morgan fingerprint density at radius 3 is 2.54 bits per heavy atom. The summed E-state index contributed by atoms with van der Waals surface area (Å²) in [5, 5.41) is 4.07. The number of hydrogen-bond donors (Lipinski definition) is 1. The average Bonchev–Trinajstić information content (AvgIpc) is 2.50. The van der Waals surface area contributed by atoms with Crippen LogP contribution < -0.4 is 5.73 Å². The molecule has 0 saturated carbocycles. The molecule has 4 nitrogen and oxygen atoms in total. The average molecular weight is 181 g/mol. The first-order valence-corrected chi connectivity index (χ1v) is 4.36. The Bertz CT molecular complexity index is 304. The molecular weight excluding hydrogens is 166 g/mol. The number of hydrogen-bond acceptors (Lipinski definition) is 2. The van der Waals surface area contributed by atoms with Crippen LogP contribution in [-0.2, 0) is 0 Å². The molecule has 1 aromatic rings. The van der Waals surface area contributed by atoms with E-state index in [0.717, 1.165) is 0 Å². The summed E-state index contributed by atoms with van der Waals surface area (Å²) < 4.78 is 1.77. The number of amides is 1. The second-order valence-corrected chi connectivity index (χ2v) is 3.56. The van der Waals surface area contributed by atoms with E-state index < -0.39 is 5.91 Å². The minimum Gasteiger partial charge on any atom is -0.366 e. The zero-order chi connectivity index (χ0) is 10.0. The van der Waals surface area contributed by atoms with Crippen LogP contribution in [0.25, 0.3) is 0 Å². The highest BCUT2D eigenvalue weighted by atomic mass is 16.1. The molecule has 13 heavy (non-hydrogen) atoms. The minimum atomic E-state index is -0.429. The highest BCUT2D eigenvalue weighted by Gasteiger charge is 2.11. The molecule has 1 unspecified atom stereocenters. The fourth-order valence-electron chi connectivity index (χ4n) is 0.993. The van der Waals surface area contributed by atoms with Crippen LogP contribution in [0.3, 0.4) is 0 Å². The quantitative estimate of drug-likeness (QED) is 0.761. The normalized spacial score (nSPS) is 13.2. The zero-order valence-electron chi connectivity index (χ0n) is 8.19. The van der Waals surface area contributed by atoms with E-state index >= 15 is 0 Å². The highest BCUT2D eigenvalue weighted by molar-refractivity contribution is 5.92. The lowest BCUT2D eigenvalue weighted by molar-refractivity contribution is 0.1000. The summed E-state index contributed by atoms with van der Waals surface area (Å²) in [5.41, 5.74) is 5.58. The molecule has 0 bridgehead atoms. The number of nitrogens with two attached hydrogens (primary N) is 1. The summed E-state index contributed by atoms with van der Waals surface area (Å²) in [6.45, 7) is 6.27. The summed E-state index contributed by atoms with van der Waals surface area (Å²) in [4.78, 5) is 10.8. The highest BCUT2D eigenvalue weighted by Crippen LogP contribution is 2.15. The first kappa shape index (κ1) is 9.77.